The minimum absolute atomic E-state index is 0.0289. The lowest BCUT2D eigenvalue weighted by atomic mass is 10.1. The highest BCUT2D eigenvalue weighted by Crippen LogP contribution is 2.33. The van der Waals surface area contributed by atoms with E-state index in [0.29, 0.717) is 0 Å². The lowest BCUT2D eigenvalue weighted by Crippen LogP contribution is -2.32. The highest BCUT2D eigenvalue weighted by Gasteiger charge is 2.24. The smallest absolute Gasteiger partial charge is 0.147 e. The van der Waals surface area contributed by atoms with Crippen molar-refractivity contribution in [1.29, 1.82) is 0 Å². The number of rotatable bonds is 4. The molecule has 2 aromatic heterocycles. The molecule has 0 amide bonds. The van der Waals surface area contributed by atoms with Crippen molar-refractivity contribution >= 4 is 11.9 Å². The molecule has 0 aromatic carbocycles. The van der Waals surface area contributed by atoms with Gasteiger partial charge in [-0.05, 0) is 30.2 Å². The average molecular weight is 266 g/mol. The van der Waals surface area contributed by atoms with Crippen LogP contribution in [-0.4, -0.2) is 22.7 Å². The van der Waals surface area contributed by atoms with E-state index in [2.05, 4.69) is 21.8 Å². The Morgan fingerprint density at radius 3 is 2.70 bits per heavy atom. The van der Waals surface area contributed by atoms with Crippen LogP contribution in [0.4, 0.5) is 5.69 Å². The number of nitrogens with zero attached hydrogens (tertiary/aromatic N) is 4. The highest BCUT2D eigenvalue weighted by molar-refractivity contribution is 5.89. The molecule has 0 spiro atoms. The molecule has 0 saturated heterocycles. The largest absolute Gasteiger partial charge is 0.344 e. The Morgan fingerprint density at radius 1 is 1.10 bits per heavy atom. The molecule has 20 heavy (non-hydrogen) atoms. The summed E-state index contributed by atoms with van der Waals surface area (Å²) in [6.07, 6.45) is 11.7. The summed E-state index contributed by atoms with van der Waals surface area (Å²) in [5.41, 5.74) is 3.47. The molecule has 0 radical (unpaired) electrons. The van der Waals surface area contributed by atoms with Crippen molar-refractivity contribution in [2.24, 2.45) is 4.99 Å². The van der Waals surface area contributed by atoms with Gasteiger partial charge in [-0.3, -0.25) is 15.0 Å². The summed E-state index contributed by atoms with van der Waals surface area (Å²) in [5, 5.41) is 0. The minimum atomic E-state index is 0.0289. The van der Waals surface area contributed by atoms with E-state index >= 15 is 0 Å². The summed E-state index contributed by atoms with van der Waals surface area (Å²) >= 11 is 0. The van der Waals surface area contributed by atoms with Crippen LogP contribution in [0.1, 0.15) is 37.1 Å². The van der Waals surface area contributed by atoms with Crippen LogP contribution in [0.15, 0.2) is 48.0 Å². The Kier molecular flexibility index (Phi) is 3.72. The summed E-state index contributed by atoms with van der Waals surface area (Å²) in [6, 6.07) is 6.07. The van der Waals surface area contributed by atoms with Gasteiger partial charge in [-0.1, -0.05) is 13.3 Å². The predicted octanol–water partition coefficient (Wildman–Crippen LogP) is 3.21. The zero-order valence-corrected chi connectivity index (χ0v) is 11.6. The predicted molar refractivity (Wildman–Crippen MR) is 81.1 cm³/mol. The Hall–Kier alpha value is -2.23. The molecule has 102 valence electrons. The Morgan fingerprint density at radius 2 is 1.90 bits per heavy atom. The molecule has 1 unspecified atom stereocenters. The number of pyridine rings is 2. The van der Waals surface area contributed by atoms with Crippen molar-refractivity contribution in [3.63, 3.8) is 0 Å². The fourth-order valence-corrected chi connectivity index (χ4v) is 2.48. The summed E-state index contributed by atoms with van der Waals surface area (Å²) in [7, 11) is 0. The Labute approximate surface area is 119 Å². The van der Waals surface area contributed by atoms with Crippen LogP contribution in [0, 0.1) is 0 Å². The molecule has 1 aliphatic rings. The lowest BCUT2D eigenvalue weighted by Gasteiger charge is -2.34. The maximum Gasteiger partial charge on any atom is 0.147 e. The second kappa shape index (κ2) is 5.82. The normalized spacial score (nSPS) is 17.1. The molecule has 1 atom stereocenters. The summed E-state index contributed by atoms with van der Waals surface area (Å²) in [4.78, 5) is 15.4. The second-order valence-corrected chi connectivity index (χ2v) is 4.91. The van der Waals surface area contributed by atoms with Crippen molar-refractivity contribution in [3.8, 4) is 0 Å². The SMILES string of the molecule is CCCCN1c2cnccc2C=NC1c1ccncc1. The molecule has 3 rings (SSSR count). The van der Waals surface area contributed by atoms with Crippen molar-refractivity contribution < 1.29 is 0 Å². The maximum atomic E-state index is 4.72. The first-order valence-electron chi connectivity index (χ1n) is 7.04. The molecule has 2 aromatic rings. The molecule has 0 bridgehead atoms. The fraction of sp³-hybridized carbons (Fsp3) is 0.312. The van der Waals surface area contributed by atoms with Gasteiger partial charge >= 0.3 is 0 Å². The molecule has 0 fully saturated rings. The highest BCUT2D eigenvalue weighted by atomic mass is 15.3. The molecule has 1 aliphatic heterocycles. The Balaban J connectivity index is 1.98. The van der Waals surface area contributed by atoms with Gasteiger partial charge in [-0.15, -0.1) is 0 Å². The van der Waals surface area contributed by atoms with Crippen LogP contribution in [0.5, 0.6) is 0 Å². The van der Waals surface area contributed by atoms with Gasteiger partial charge in [0.2, 0.25) is 0 Å². The van der Waals surface area contributed by atoms with Crippen molar-refractivity contribution in [2.75, 3.05) is 11.4 Å². The van der Waals surface area contributed by atoms with Crippen molar-refractivity contribution in [3.05, 3.63) is 54.1 Å². The molecular weight excluding hydrogens is 248 g/mol. The molecule has 0 N–H and O–H groups in total. The van der Waals surface area contributed by atoms with Crippen LogP contribution >= 0.6 is 0 Å². The molecule has 0 aliphatic carbocycles. The first-order chi connectivity index (χ1) is 9.90. The zero-order chi connectivity index (χ0) is 13.8. The monoisotopic (exact) mass is 266 g/mol. The van der Waals surface area contributed by atoms with Crippen LogP contribution in [-0.2, 0) is 0 Å². The van der Waals surface area contributed by atoms with Gasteiger partial charge in [0.1, 0.15) is 6.17 Å². The number of fused-ring (bicyclic) bond motifs is 1. The van der Waals surface area contributed by atoms with E-state index in [9.17, 15) is 0 Å². The van der Waals surface area contributed by atoms with Gasteiger partial charge in [0.05, 0.1) is 11.9 Å². The van der Waals surface area contributed by atoms with E-state index in [1.54, 1.807) is 0 Å². The third kappa shape index (κ3) is 2.41. The topological polar surface area (TPSA) is 41.4 Å². The van der Waals surface area contributed by atoms with Crippen molar-refractivity contribution in [2.45, 2.75) is 25.9 Å². The van der Waals surface area contributed by atoms with Crippen LogP contribution < -0.4 is 4.90 Å². The van der Waals surface area contributed by atoms with Crippen LogP contribution in [0.25, 0.3) is 0 Å². The molecule has 4 nitrogen and oxygen atoms in total. The fourth-order valence-electron chi connectivity index (χ4n) is 2.48. The maximum absolute atomic E-state index is 4.72. The van der Waals surface area contributed by atoms with Crippen molar-refractivity contribution in [1.82, 2.24) is 9.97 Å². The van der Waals surface area contributed by atoms with Gasteiger partial charge < -0.3 is 4.90 Å². The van der Waals surface area contributed by atoms with Gasteiger partial charge in [0, 0.05) is 36.9 Å². The third-order valence-electron chi connectivity index (χ3n) is 3.55. The first-order valence-corrected chi connectivity index (χ1v) is 7.04. The first kappa shape index (κ1) is 12.8. The number of anilines is 1. The Bertz CT molecular complexity index is 594. The van der Waals surface area contributed by atoms with E-state index in [1.807, 2.05) is 49.2 Å². The van der Waals surface area contributed by atoms with Gasteiger partial charge in [0.25, 0.3) is 0 Å². The number of aliphatic imine (C=N–C) groups is 1. The second-order valence-electron chi connectivity index (χ2n) is 4.91. The third-order valence-corrected chi connectivity index (χ3v) is 3.55. The molecule has 3 heterocycles. The van der Waals surface area contributed by atoms with E-state index in [4.69, 9.17) is 4.99 Å². The minimum Gasteiger partial charge on any atom is -0.344 e. The van der Waals surface area contributed by atoms with E-state index in [-0.39, 0.29) is 6.17 Å². The van der Waals surface area contributed by atoms with Crippen LogP contribution in [0.2, 0.25) is 0 Å². The number of hydrogen-bond acceptors (Lipinski definition) is 4. The lowest BCUT2D eigenvalue weighted by molar-refractivity contribution is 0.613. The summed E-state index contributed by atoms with van der Waals surface area (Å²) in [6.45, 7) is 3.19. The quantitative estimate of drug-likeness (QED) is 0.853. The molecule has 4 heteroatoms. The van der Waals surface area contributed by atoms with Gasteiger partial charge in [-0.2, -0.15) is 0 Å². The molecule has 0 saturated carbocycles. The molecular formula is C16H18N4. The summed E-state index contributed by atoms with van der Waals surface area (Å²) in [5.74, 6) is 0. The number of unbranched alkanes of at least 4 members (excludes halogenated alkanes) is 1. The van der Waals surface area contributed by atoms with Gasteiger partial charge in [0.15, 0.2) is 0 Å². The van der Waals surface area contributed by atoms with E-state index < -0.39 is 0 Å². The zero-order valence-electron chi connectivity index (χ0n) is 11.6. The van der Waals surface area contributed by atoms with Gasteiger partial charge in [-0.25, -0.2) is 0 Å². The standard InChI is InChI=1S/C16H18N4/c1-2-3-10-20-15-12-18-9-6-14(15)11-19-16(20)13-4-7-17-8-5-13/h4-9,11-12,16H,2-3,10H2,1H3. The average Bonchev–Trinajstić information content (AvgIpc) is 2.53. The number of hydrogen-bond donors (Lipinski definition) is 0. The van der Waals surface area contributed by atoms with E-state index in [1.165, 1.54) is 12.0 Å². The van der Waals surface area contributed by atoms with Crippen LogP contribution in [0.3, 0.4) is 0 Å². The number of aromatic nitrogens is 2. The van der Waals surface area contributed by atoms with E-state index in [0.717, 1.165) is 24.2 Å². The summed E-state index contributed by atoms with van der Waals surface area (Å²) < 4.78 is 0.